The summed E-state index contributed by atoms with van der Waals surface area (Å²) in [5.41, 5.74) is 2.82. The molecule has 0 unspecified atom stereocenters. The highest BCUT2D eigenvalue weighted by atomic mass is 16.5. The van der Waals surface area contributed by atoms with Crippen LogP contribution in [-0.4, -0.2) is 60.3 Å². The highest BCUT2D eigenvalue weighted by Crippen LogP contribution is 2.75. The van der Waals surface area contributed by atoms with Gasteiger partial charge in [0.2, 0.25) is 0 Å². The van der Waals surface area contributed by atoms with Crippen molar-refractivity contribution in [1.29, 1.82) is 0 Å². The first-order valence-corrected chi connectivity index (χ1v) is 20.6. The number of aromatic carboxylic acids is 1. The topological polar surface area (TPSA) is 93.1 Å². The lowest BCUT2D eigenvalue weighted by atomic mass is 9.34. The molecule has 0 bridgehead atoms. The third kappa shape index (κ3) is 5.89. The second-order valence-electron chi connectivity index (χ2n) is 20.0. The third-order valence-electron chi connectivity index (χ3n) is 16.6. The minimum Gasteiger partial charge on any atom is -0.478 e. The second-order valence-corrected chi connectivity index (χ2v) is 20.0. The molecule has 1 aromatic rings. The molecule has 5 fully saturated rings. The normalized spacial score (nSPS) is 38.2. The van der Waals surface area contributed by atoms with Gasteiger partial charge in [0.15, 0.2) is 0 Å². The molecule has 1 saturated heterocycles. The smallest absolute Gasteiger partial charge is 0.339 e. The zero-order valence-corrected chi connectivity index (χ0v) is 33.2. The number of esters is 2. The number of rotatable bonds is 7. The zero-order valence-electron chi connectivity index (χ0n) is 33.2. The van der Waals surface area contributed by atoms with Crippen LogP contribution >= 0.6 is 0 Å². The van der Waals surface area contributed by atoms with Crippen LogP contribution in [0.25, 0.3) is 0 Å². The Morgan fingerprint density at radius 3 is 2.19 bits per heavy atom. The maximum absolute atomic E-state index is 14.4. The number of carboxylic acids is 1. The van der Waals surface area contributed by atoms with Gasteiger partial charge in [-0.1, -0.05) is 78.2 Å². The summed E-state index contributed by atoms with van der Waals surface area (Å²) in [6.07, 6.45) is 14.6. The van der Waals surface area contributed by atoms with Crippen molar-refractivity contribution >= 4 is 17.9 Å². The zero-order chi connectivity index (χ0) is 37.3. The van der Waals surface area contributed by atoms with Gasteiger partial charge < -0.3 is 14.6 Å². The van der Waals surface area contributed by atoms with E-state index in [2.05, 4.69) is 53.4 Å². The van der Waals surface area contributed by atoms with Crippen LogP contribution in [-0.2, 0) is 14.3 Å². The molecule has 0 radical (unpaired) electrons. The fourth-order valence-corrected chi connectivity index (χ4v) is 13.4. The van der Waals surface area contributed by atoms with Crippen LogP contribution in [0.3, 0.4) is 0 Å². The molecule has 1 aliphatic heterocycles. The van der Waals surface area contributed by atoms with Crippen LogP contribution in [0.15, 0.2) is 35.4 Å². The van der Waals surface area contributed by atoms with E-state index in [1.54, 1.807) is 23.8 Å². The van der Waals surface area contributed by atoms with Crippen molar-refractivity contribution in [2.45, 2.75) is 144 Å². The number of allylic oxidation sites excluding steroid dienone is 1. The number of carbonyl (C=O) groups is 3. The van der Waals surface area contributed by atoms with E-state index in [9.17, 15) is 19.5 Å². The lowest BCUT2D eigenvalue weighted by molar-refractivity contribution is -0.205. The third-order valence-corrected chi connectivity index (χ3v) is 16.6. The fraction of sp³-hybridized carbons (Fsp3) is 0.756. The molecule has 0 amide bonds. The van der Waals surface area contributed by atoms with E-state index in [-0.39, 0.29) is 50.3 Å². The fourth-order valence-electron chi connectivity index (χ4n) is 13.4. The van der Waals surface area contributed by atoms with E-state index in [4.69, 9.17) is 9.47 Å². The van der Waals surface area contributed by atoms with Crippen LogP contribution in [0.1, 0.15) is 159 Å². The Labute approximate surface area is 312 Å². The molecule has 1 N–H and O–H groups in total. The van der Waals surface area contributed by atoms with Gasteiger partial charge in [-0.3, -0.25) is 9.69 Å². The largest absolute Gasteiger partial charge is 0.478 e. The SMILES string of the molecule is CC1(C)CC[C@]2(C(=O)OCCN3CCCCC3)CC[C@]3(C)C(=C2C1)CC[C@@H]1[C@@]2(C)CC[C@H](OC(=O)c4ccccc4C(=O)O)C(C)(C)[C@@H]2CC[C@]13C. The van der Waals surface area contributed by atoms with E-state index in [0.717, 1.165) is 90.3 Å². The van der Waals surface area contributed by atoms with E-state index in [0.29, 0.717) is 18.4 Å². The Bertz CT molecular complexity index is 1620. The molecule has 286 valence electrons. The lowest BCUT2D eigenvalue weighted by Gasteiger charge is -2.71. The first-order chi connectivity index (χ1) is 24.5. The number of carboxylic acid groups (broad SMARTS) is 1. The van der Waals surface area contributed by atoms with E-state index in [1.165, 1.54) is 30.9 Å². The molecular formula is C45H65NO6. The maximum Gasteiger partial charge on any atom is 0.339 e. The molecule has 7 rings (SSSR count). The predicted molar refractivity (Wildman–Crippen MR) is 203 cm³/mol. The van der Waals surface area contributed by atoms with E-state index >= 15 is 0 Å². The molecule has 6 aliphatic rings. The quantitative estimate of drug-likeness (QED) is 0.222. The molecule has 1 heterocycles. The predicted octanol–water partition coefficient (Wildman–Crippen LogP) is 9.89. The summed E-state index contributed by atoms with van der Waals surface area (Å²) in [5.74, 6) is -0.696. The number of ether oxygens (including phenoxy) is 2. The molecule has 52 heavy (non-hydrogen) atoms. The molecule has 5 aliphatic carbocycles. The summed E-state index contributed by atoms with van der Waals surface area (Å²) in [7, 11) is 0. The Balaban J connectivity index is 1.14. The summed E-state index contributed by atoms with van der Waals surface area (Å²) in [4.78, 5) is 42.2. The van der Waals surface area contributed by atoms with Crippen molar-refractivity contribution in [3.8, 4) is 0 Å². The number of hydrogen-bond donors (Lipinski definition) is 1. The monoisotopic (exact) mass is 715 g/mol. The number of likely N-dealkylation sites (tertiary alicyclic amines) is 1. The lowest BCUT2D eigenvalue weighted by Crippen LogP contribution is -2.64. The summed E-state index contributed by atoms with van der Waals surface area (Å²) in [5, 5.41) is 9.72. The van der Waals surface area contributed by atoms with Gasteiger partial charge in [-0.25, -0.2) is 9.59 Å². The molecule has 7 heteroatoms. The van der Waals surface area contributed by atoms with Crippen LogP contribution in [0.5, 0.6) is 0 Å². The van der Waals surface area contributed by atoms with Crippen molar-refractivity contribution in [3.05, 3.63) is 46.5 Å². The average Bonchev–Trinajstić information content (AvgIpc) is 3.10. The molecule has 1 aromatic carbocycles. The summed E-state index contributed by atoms with van der Waals surface area (Å²) >= 11 is 0. The Morgan fingerprint density at radius 1 is 0.788 bits per heavy atom. The van der Waals surface area contributed by atoms with Crippen LogP contribution < -0.4 is 0 Å². The number of benzene rings is 1. The Morgan fingerprint density at radius 2 is 1.48 bits per heavy atom. The molecule has 7 nitrogen and oxygen atoms in total. The molecule has 4 saturated carbocycles. The summed E-state index contributed by atoms with van der Waals surface area (Å²) < 4.78 is 12.5. The summed E-state index contributed by atoms with van der Waals surface area (Å²) in [6.45, 7) is 20.6. The molecular weight excluding hydrogens is 650 g/mol. The van der Waals surface area contributed by atoms with Gasteiger partial charge in [-0.05, 0) is 142 Å². The average molecular weight is 716 g/mol. The molecule has 7 atom stereocenters. The maximum atomic E-state index is 14.4. The Hall–Kier alpha value is -2.67. The molecule has 0 aromatic heterocycles. The number of hydrogen-bond acceptors (Lipinski definition) is 6. The highest BCUT2D eigenvalue weighted by Gasteiger charge is 2.68. The van der Waals surface area contributed by atoms with Crippen molar-refractivity contribution < 1.29 is 29.0 Å². The number of fused-ring (bicyclic) bond motifs is 6. The number of piperidine rings is 1. The molecule has 0 spiro atoms. The van der Waals surface area contributed by atoms with Gasteiger partial charge in [-0.15, -0.1) is 0 Å². The van der Waals surface area contributed by atoms with Crippen LogP contribution in [0.2, 0.25) is 0 Å². The second kappa shape index (κ2) is 13.3. The van der Waals surface area contributed by atoms with Gasteiger partial charge in [0.05, 0.1) is 16.5 Å². The minimum absolute atomic E-state index is 0.0108. The van der Waals surface area contributed by atoms with Crippen molar-refractivity contribution in [1.82, 2.24) is 4.90 Å². The number of nitrogens with zero attached hydrogens (tertiary/aromatic N) is 1. The summed E-state index contributed by atoms with van der Waals surface area (Å²) in [6, 6.07) is 6.38. The van der Waals surface area contributed by atoms with E-state index < -0.39 is 17.4 Å². The van der Waals surface area contributed by atoms with Gasteiger partial charge in [0.1, 0.15) is 12.7 Å². The van der Waals surface area contributed by atoms with Gasteiger partial charge in [0, 0.05) is 12.0 Å². The van der Waals surface area contributed by atoms with Crippen LogP contribution in [0, 0.1) is 44.3 Å². The minimum atomic E-state index is -1.11. The van der Waals surface area contributed by atoms with Crippen molar-refractivity contribution in [2.24, 2.45) is 44.3 Å². The standard InChI is InChI=1S/C45H65NO6/c1-40(2)21-23-45(39(50)51-28-27-46-25-11-8-12-26-46)24-22-43(6)32(33(45)29-40)15-16-35-42(5)19-18-36(41(3,4)34(42)17-20-44(35,43)7)52-38(49)31-14-10-9-13-30(31)37(47)48/h9-10,13-14,34-36H,8,11-12,15-29H2,1-7H3,(H,47,48)/t34-,35+,36-,42-,43+,44+,45-/m0/s1. The van der Waals surface area contributed by atoms with Crippen molar-refractivity contribution in [2.75, 3.05) is 26.2 Å². The number of carbonyl (C=O) groups excluding carboxylic acids is 2. The van der Waals surface area contributed by atoms with Gasteiger partial charge >= 0.3 is 17.9 Å². The van der Waals surface area contributed by atoms with E-state index in [1.807, 2.05) is 0 Å². The Kier molecular flexibility index (Phi) is 9.60. The highest BCUT2D eigenvalue weighted by molar-refractivity contribution is 6.02. The first kappa shape index (κ1) is 37.6. The van der Waals surface area contributed by atoms with Gasteiger partial charge in [-0.2, -0.15) is 0 Å². The van der Waals surface area contributed by atoms with Crippen LogP contribution in [0.4, 0.5) is 0 Å². The first-order valence-electron chi connectivity index (χ1n) is 20.6. The van der Waals surface area contributed by atoms with Crippen molar-refractivity contribution in [3.63, 3.8) is 0 Å². The van der Waals surface area contributed by atoms with Gasteiger partial charge in [0.25, 0.3) is 0 Å².